The molecule has 0 saturated carbocycles. The van der Waals surface area contributed by atoms with Gasteiger partial charge >= 0.3 is 0 Å². The van der Waals surface area contributed by atoms with Crippen LogP contribution < -0.4 is 4.72 Å². The third-order valence-electron chi connectivity index (χ3n) is 2.25. The lowest BCUT2D eigenvalue weighted by Crippen LogP contribution is -2.46. The number of sulfonamides is 1. The minimum absolute atomic E-state index is 0.0158. The summed E-state index contributed by atoms with van der Waals surface area (Å²) in [7, 11) is -3.75. The van der Waals surface area contributed by atoms with Crippen LogP contribution in [0.15, 0.2) is 23.1 Å². The maximum absolute atomic E-state index is 13.0. The Balaban J connectivity index is 3.10. The first-order chi connectivity index (χ1) is 7.68. The van der Waals surface area contributed by atoms with Crippen molar-refractivity contribution in [1.29, 1.82) is 0 Å². The van der Waals surface area contributed by atoms with Gasteiger partial charge in [-0.2, -0.15) is 0 Å². The second-order valence-electron chi connectivity index (χ2n) is 4.56. The summed E-state index contributed by atoms with van der Waals surface area (Å²) in [6.45, 7) is 4.28. The number of benzene rings is 1. The van der Waals surface area contributed by atoms with Crippen LogP contribution in [0, 0.1) is 12.7 Å². The van der Waals surface area contributed by atoms with Crippen LogP contribution >= 0.6 is 0 Å². The molecule has 1 rings (SSSR count). The molecule has 0 radical (unpaired) electrons. The molecule has 0 spiro atoms. The number of halogens is 1. The van der Waals surface area contributed by atoms with E-state index in [2.05, 4.69) is 4.72 Å². The van der Waals surface area contributed by atoms with Crippen molar-refractivity contribution < 1.29 is 17.9 Å². The van der Waals surface area contributed by atoms with E-state index in [4.69, 9.17) is 5.11 Å². The van der Waals surface area contributed by atoms with Gasteiger partial charge < -0.3 is 5.11 Å². The Bertz CT molecular complexity index is 511. The van der Waals surface area contributed by atoms with Crippen LogP contribution in [0.4, 0.5) is 4.39 Å². The summed E-state index contributed by atoms with van der Waals surface area (Å²) in [6.07, 6.45) is 0. The van der Waals surface area contributed by atoms with Crippen molar-refractivity contribution in [2.75, 3.05) is 6.61 Å². The highest BCUT2D eigenvalue weighted by Gasteiger charge is 2.25. The largest absolute Gasteiger partial charge is 0.394 e. The van der Waals surface area contributed by atoms with Crippen molar-refractivity contribution in [3.05, 3.63) is 29.6 Å². The molecular formula is C11H16FNO3S. The highest BCUT2D eigenvalue weighted by molar-refractivity contribution is 7.89. The van der Waals surface area contributed by atoms with E-state index in [1.165, 1.54) is 19.1 Å². The van der Waals surface area contributed by atoms with Gasteiger partial charge in [-0.15, -0.1) is 0 Å². The maximum atomic E-state index is 13.0. The van der Waals surface area contributed by atoms with E-state index in [1.807, 2.05) is 0 Å². The summed E-state index contributed by atoms with van der Waals surface area (Å²) in [5.74, 6) is -0.453. The molecule has 0 aromatic heterocycles. The Morgan fingerprint density at radius 1 is 1.41 bits per heavy atom. The number of aliphatic hydroxyl groups excluding tert-OH is 1. The second kappa shape index (κ2) is 4.72. The van der Waals surface area contributed by atoms with Gasteiger partial charge in [0.25, 0.3) is 0 Å². The number of aryl methyl sites for hydroxylation is 1. The van der Waals surface area contributed by atoms with Crippen LogP contribution in [0.3, 0.4) is 0 Å². The zero-order valence-electron chi connectivity index (χ0n) is 9.99. The van der Waals surface area contributed by atoms with Crippen LogP contribution in [-0.2, 0) is 10.0 Å². The summed E-state index contributed by atoms with van der Waals surface area (Å²) >= 11 is 0. The van der Waals surface area contributed by atoms with Crippen molar-refractivity contribution in [1.82, 2.24) is 4.72 Å². The first kappa shape index (κ1) is 14.1. The number of rotatable bonds is 4. The van der Waals surface area contributed by atoms with Crippen LogP contribution in [0.5, 0.6) is 0 Å². The number of nitrogens with one attached hydrogen (secondary N) is 1. The first-order valence-corrected chi connectivity index (χ1v) is 6.57. The zero-order chi connectivity index (χ0) is 13.3. The molecule has 1 aromatic rings. The maximum Gasteiger partial charge on any atom is 0.241 e. The van der Waals surface area contributed by atoms with E-state index in [-0.39, 0.29) is 17.1 Å². The van der Waals surface area contributed by atoms with Crippen LogP contribution in [0.25, 0.3) is 0 Å². The lowest BCUT2D eigenvalue weighted by atomic mass is 10.1. The van der Waals surface area contributed by atoms with Crippen LogP contribution in [-0.4, -0.2) is 25.7 Å². The Morgan fingerprint density at radius 3 is 2.47 bits per heavy atom. The van der Waals surface area contributed by atoms with Gasteiger partial charge in [-0.3, -0.25) is 0 Å². The third-order valence-corrected chi connectivity index (χ3v) is 3.94. The van der Waals surface area contributed by atoms with Gasteiger partial charge in [0.05, 0.1) is 17.0 Å². The summed E-state index contributed by atoms with van der Waals surface area (Å²) in [6, 6.07) is 3.55. The van der Waals surface area contributed by atoms with E-state index < -0.39 is 21.4 Å². The monoisotopic (exact) mass is 261 g/mol. The second-order valence-corrected chi connectivity index (χ2v) is 6.24. The quantitative estimate of drug-likeness (QED) is 0.855. The molecule has 1 aromatic carbocycles. The molecule has 0 aliphatic heterocycles. The molecule has 6 heteroatoms. The van der Waals surface area contributed by atoms with Gasteiger partial charge in [-0.05, 0) is 44.5 Å². The fourth-order valence-corrected chi connectivity index (χ4v) is 2.73. The fourth-order valence-electron chi connectivity index (χ4n) is 1.24. The standard InChI is InChI=1S/C11H16FNO3S/c1-8-6-9(4-5-10(8)12)17(15,16)13-11(2,3)7-14/h4-6,13-14H,7H2,1-3H3. The Labute approximate surface area is 101 Å². The molecule has 0 unspecified atom stereocenters. The summed E-state index contributed by atoms with van der Waals surface area (Å²) in [5.41, 5.74) is -0.698. The molecule has 17 heavy (non-hydrogen) atoms. The van der Waals surface area contributed by atoms with Crippen molar-refractivity contribution >= 4 is 10.0 Å². The molecule has 2 N–H and O–H groups in total. The molecular weight excluding hydrogens is 245 g/mol. The Hall–Kier alpha value is -0.980. The highest BCUT2D eigenvalue weighted by Crippen LogP contribution is 2.16. The average molecular weight is 261 g/mol. The molecule has 96 valence electrons. The van der Waals surface area contributed by atoms with E-state index in [9.17, 15) is 12.8 Å². The molecule has 4 nitrogen and oxygen atoms in total. The molecule has 0 amide bonds. The summed E-state index contributed by atoms with van der Waals surface area (Å²) < 4.78 is 39.2. The number of hydrogen-bond donors (Lipinski definition) is 2. The normalized spacial score (nSPS) is 12.8. The number of hydrogen-bond acceptors (Lipinski definition) is 3. The zero-order valence-corrected chi connectivity index (χ0v) is 10.8. The van der Waals surface area contributed by atoms with Gasteiger partial charge in [0.1, 0.15) is 5.82 Å². The SMILES string of the molecule is Cc1cc(S(=O)(=O)NC(C)(C)CO)ccc1F. The number of aliphatic hydroxyl groups is 1. The molecule has 0 heterocycles. The lowest BCUT2D eigenvalue weighted by molar-refractivity contribution is 0.208. The van der Waals surface area contributed by atoms with Crippen LogP contribution in [0.1, 0.15) is 19.4 Å². The Morgan fingerprint density at radius 2 is 2.00 bits per heavy atom. The van der Waals surface area contributed by atoms with Crippen molar-refractivity contribution in [3.8, 4) is 0 Å². The Kier molecular flexibility index (Phi) is 3.91. The first-order valence-electron chi connectivity index (χ1n) is 5.09. The predicted octanol–water partition coefficient (Wildman–Crippen LogP) is 1.18. The van der Waals surface area contributed by atoms with Crippen LogP contribution in [0.2, 0.25) is 0 Å². The minimum Gasteiger partial charge on any atom is -0.394 e. The van der Waals surface area contributed by atoms with Gasteiger partial charge in [-0.1, -0.05) is 0 Å². The lowest BCUT2D eigenvalue weighted by Gasteiger charge is -2.23. The molecule has 0 atom stereocenters. The molecule has 0 saturated heterocycles. The van der Waals surface area contributed by atoms with Crippen molar-refractivity contribution in [2.45, 2.75) is 31.2 Å². The summed E-state index contributed by atoms with van der Waals surface area (Å²) in [5, 5.41) is 9.02. The fraction of sp³-hybridized carbons (Fsp3) is 0.455. The summed E-state index contributed by atoms with van der Waals surface area (Å²) in [4.78, 5) is -0.0158. The topological polar surface area (TPSA) is 66.4 Å². The predicted molar refractivity (Wildman–Crippen MR) is 62.6 cm³/mol. The van der Waals surface area contributed by atoms with E-state index in [0.29, 0.717) is 0 Å². The average Bonchev–Trinajstić information content (AvgIpc) is 2.20. The van der Waals surface area contributed by atoms with Crippen molar-refractivity contribution in [2.24, 2.45) is 0 Å². The van der Waals surface area contributed by atoms with Gasteiger partial charge in [0, 0.05) is 0 Å². The van der Waals surface area contributed by atoms with E-state index in [0.717, 1.165) is 6.07 Å². The van der Waals surface area contributed by atoms with Gasteiger partial charge in [0.2, 0.25) is 10.0 Å². The smallest absolute Gasteiger partial charge is 0.241 e. The molecule has 0 aliphatic carbocycles. The molecule has 0 fully saturated rings. The van der Waals surface area contributed by atoms with E-state index >= 15 is 0 Å². The third kappa shape index (κ3) is 3.49. The molecule has 0 bridgehead atoms. The van der Waals surface area contributed by atoms with Crippen molar-refractivity contribution in [3.63, 3.8) is 0 Å². The minimum atomic E-state index is -3.75. The van der Waals surface area contributed by atoms with E-state index in [1.54, 1.807) is 13.8 Å². The van der Waals surface area contributed by atoms with Gasteiger partial charge in [0.15, 0.2) is 0 Å². The highest BCUT2D eigenvalue weighted by atomic mass is 32.2. The van der Waals surface area contributed by atoms with Gasteiger partial charge in [-0.25, -0.2) is 17.5 Å². The molecule has 0 aliphatic rings.